The van der Waals surface area contributed by atoms with Crippen molar-refractivity contribution in [2.45, 2.75) is 91.4 Å². The molecular weight excluding hydrogens is 204 g/mol. The summed E-state index contributed by atoms with van der Waals surface area (Å²) in [4.78, 5) is 0. The van der Waals surface area contributed by atoms with Crippen molar-refractivity contribution in [3.63, 3.8) is 0 Å². The number of allylic oxidation sites excluding steroid dienone is 2. The number of hydrogen-bond acceptors (Lipinski definition) is 0. The van der Waals surface area contributed by atoms with Crippen molar-refractivity contribution in [2.24, 2.45) is 5.92 Å². The van der Waals surface area contributed by atoms with E-state index in [4.69, 9.17) is 0 Å². The molecule has 0 amide bonds. The van der Waals surface area contributed by atoms with Gasteiger partial charge in [0.1, 0.15) is 0 Å². The lowest BCUT2D eigenvalue weighted by Crippen LogP contribution is -1.89. The molecule has 0 fully saturated rings. The minimum atomic E-state index is 0.794. The second-order valence-electron chi connectivity index (χ2n) is 5.46. The Labute approximate surface area is 110 Å². The molecule has 0 N–H and O–H groups in total. The lowest BCUT2D eigenvalue weighted by Gasteiger charge is -2.05. The van der Waals surface area contributed by atoms with E-state index in [9.17, 15) is 0 Å². The molecule has 0 aliphatic carbocycles. The Morgan fingerprint density at radius 1 is 0.765 bits per heavy atom. The van der Waals surface area contributed by atoms with Gasteiger partial charge in [0.05, 0.1) is 0 Å². The van der Waals surface area contributed by atoms with Gasteiger partial charge in [-0.05, 0) is 25.2 Å². The molecule has 0 aromatic rings. The highest BCUT2D eigenvalue weighted by Crippen LogP contribution is 2.12. The van der Waals surface area contributed by atoms with Crippen LogP contribution in [-0.2, 0) is 0 Å². The van der Waals surface area contributed by atoms with E-state index < -0.39 is 0 Å². The van der Waals surface area contributed by atoms with Gasteiger partial charge in [0, 0.05) is 0 Å². The zero-order chi connectivity index (χ0) is 12.8. The van der Waals surface area contributed by atoms with Gasteiger partial charge in [0.2, 0.25) is 0 Å². The fraction of sp³-hybridized carbons (Fsp3) is 0.882. The zero-order valence-corrected chi connectivity index (χ0v) is 12.5. The summed E-state index contributed by atoms with van der Waals surface area (Å²) < 4.78 is 0. The molecule has 0 aliphatic rings. The van der Waals surface area contributed by atoms with E-state index >= 15 is 0 Å². The SMILES string of the molecule is CCCCCCCC=CC(C)CCCCCC. The summed E-state index contributed by atoms with van der Waals surface area (Å²) in [6.45, 7) is 6.92. The molecule has 0 saturated carbocycles. The molecular formula is C17H34. The summed E-state index contributed by atoms with van der Waals surface area (Å²) >= 11 is 0. The van der Waals surface area contributed by atoms with E-state index in [-0.39, 0.29) is 0 Å². The van der Waals surface area contributed by atoms with Crippen LogP contribution in [0, 0.1) is 5.92 Å². The fourth-order valence-electron chi connectivity index (χ4n) is 2.18. The molecule has 0 heteroatoms. The third-order valence-electron chi connectivity index (χ3n) is 3.45. The lowest BCUT2D eigenvalue weighted by molar-refractivity contribution is 0.559. The van der Waals surface area contributed by atoms with Crippen LogP contribution in [0.3, 0.4) is 0 Å². The molecule has 1 unspecified atom stereocenters. The van der Waals surface area contributed by atoms with Gasteiger partial charge in [-0.25, -0.2) is 0 Å². The van der Waals surface area contributed by atoms with Crippen LogP contribution in [0.5, 0.6) is 0 Å². The molecule has 0 nitrogen and oxygen atoms in total. The van der Waals surface area contributed by atoms with Crippen LogP contribution in [0.15, 0.2) is 12.2 Å². The largest absolute Gasteiger partial charge is 0.0883 e. The Morgan fingerprint density at radius 3 is 2.00 bits per heavy atom. The monoisotopic (exact) mass is 238 g/mol. The molecule has 0 radical (unpaired) electrons. The highest BCUT2D eigenvalue weighted by molar-refractivity contribution is 4.86. The molecule has 0 saturated heterocycles. The van der Waals surface area contributed by atoms with Gasteiger partial charge in [-0.1, -0.05) is 84.3 Å². The van der Waals surface area contributed by atoms with E-state index in [1.807, 2.05) is 0 Å². The average Bonchev–Trinajstić information content (AvgIpc) is 2.33. The maximum absolute atomic E-state index is 2.44. The highest BCUT2D eigenvalue weighted by Gasteiger charge is 1.96. The Bertz CT molecular complexity index is 157. The number of unbranched alkanes of at least 4 members (excludes halogenated alkanes) is 8. The highest BCUT2D eigenvalue weighted by atomic mass is 14.0. The van der Waals surface area contributed by atoms with Crippen molar-refractivity contribution >= 4 is 0 Å². The van der Waals surface area contributed by atoms with Crippen molar-refractivity contribution in [3.8, 4) is 0 Å². The number of hydrogen-bond donors (Lipinski definition) is 0. The molecule has 0 heterocycles. The third kappa shape index (κ3) is 13.7. The van der Waals surface area contributed by atoms with Crippen molar-refractivity contribution in [1.29, 1.82) is 0 Å². The second-order valence-corrected chi connectivity index (χ2v) is 5.46. The Kier molecular flexibility index (Phi) is 13.6. The standard InChI is InChI=1S/C17H34/c1-4-6-8-10-11-12-14-16-17(3)15-13-9-7-5-2/h14,16-17H,4-13,15H2,1-3H3. The fourth-order valence-corrected chi connectivity index (χ4v) is 2.18. The maximum atomic E-state index is 2.44. The van der Waals surface area contributed by atoms with Crippen molar-refractivity contribution in [1.82, 2.24) is 0 Å². The topological polar surface area (TPSA) is 0 Å². The predicted molar refractivity (Wildman–Crippen MR) is 80.4 cm³/mol. The quantitative estimate of drug-likeness (QED) is 0.268. The van der Waals surface area contributed by atoms with Gasteiger partial charge in [0.25, 0.3) is 0 Å². The molecule has 1 atom stereocenters. The zero-order valence-electron chi connectivity index (χ0n) is 12.5. The minimum absolute atomic E-state index is 0.794. The molecule has 0 aromatic heterocycles. The smallest absolute Gasteiger partial charge is 0.0262 e. The van der Waals surface area contributed by atoms with Crippen molar-refractivity contribution in [3.05, 3.63) is 12.2 Å². The van der Waals surface area contributed by atoms with Crippen LogP contribution in [0.2, 0.25) is 0 Å². The van der Waals surface area contributed by atoms with Gasteiger partial charge in [0.15, 0.2) is 0 Å². The molecule has 102 valence electrons. The van der Waals surface area contributed by atoms with Gasteiger partial charge in [-0.3, -0.25) is 0 Å². The average molecular weight is 238 g/mol. The molecule has 0 aliphatic heterocycles. The van der Waals surface area contributed by atoms with Crippen LogP contribution in [0.25, 0.3) is 0 Å². The van der Waals surface area contributed by atoms with E-state index in [0.29, 0.717) is 0 Å². The maximum Gasteiger partial charge on any atom is -0.0262 e. The van der Waals surface area contributed by atoms with Crippen LogP contribution in [0.1, 0.15) is 91.4 Å². The first-order valence-corrected chi connectivity index (χ1v) is 7.97. The van der Waals surface area contributed by atoms with Gasteiger partial charge >= 0.3 is 0 Å². The normalized spacial score (nSPS) is 13.4. The Hall–Kier alpha value is -0.260. The predicted octanol–water partition coefficient (Wildman–Crippen LogP) is 6.51. The van der Waals surface area contributed by atoms with Crippen molar-refractivity contribution in [2.75, 3.05) is 0 Å². The van der Waals surface area contributed by atoms with Gasteiger partial charge < -0.3 is 0 Å². The Morgan fingerprint density at radius 2 is 1.35 bits per heavy atom. The summed E-state index contributed by atoms with van der Waals surface area (Å²) in [6.07, 6.45) is 20.1. The van der Waals surface area contributed by atoms with Gasteiger partial charge in [-0.15, -0.1) is 0 Å². The first kappa shape index (κ1) is 16.7. The molecule has 0 spiro atoms. The molecule has 0 aromatic carbocycles. The molecule has 17 heavy (non-hydrogen) atoms. The summed E-state index contributed by atoms with van der Waals surface area (Å²) in [5.74, 6) is 0.794. The third-order valence-corrected chi connectivity index (χ3v) is 3.45. The van der Waals surface area contributed by atoms with E-state index in [1.54, 1.807) is 0 Å². The summed E-state index contributed by atoms with van der Waals surface area (Å²) in [7, 11) is 0. The van der Waals surface area contributed by atoms with Crippen LogP contribution >= 0.6 is 0 Å². The van der Waals surface area contributed by atoms with Crippen LogP contribution in [-0.4, -0.2) is 0 Å². The first-order chi connectivity index (χ1) is 8.31. The first-order valence-electron chi connectivity index (χ1n) is 7.97. The van der Waals surface area contributed by atoms with E-state index in [0.717, 1.165) is 5.92 Å². The lowest BCUT2D eigenvalue weighted by atomic mass is 10.0. The second kappa shape index (κ2) is 13.8. The molecule has 0 bridgehead atoms. The van der Waals surface area contributed by atoms with Crippen LogP contribution < -0.4 is 0 Å². The minimum Gasteiger partial charge on any atom is -0.0883 e. The summed E-state index contributed by atoms with van der Waals surface area (Å²) in [5.41, 5.74) is 0. The van der Waals surface area contributed by atoms with E-state index in [2.05, 4.69) is 32.9 Å². The molecule has 0 rings (SSSR count). The van der Waals surface area contributed by atoms with E-state index in [1.165, 1.54) is 70.6 Å². The summed E-state index contributed by atoms with van der Waals surface area (Å²) in [5, 5.41) is 0. The van der Waals surface area contributed by atoms with Crippen LogP contribution in [0.4, 0.5) is 0 Å². The van der Waals surface area contributed by atoms with Gasteiger partial charge in [-0.2, -0.15) is 0 Å². The number of rotatable bonds is 12. The summed E-state index contributed by atoms with van der Waals surface area (Å²) in [6, 6.07) is 0. The van der Waals surface area contributed by atoms with Crippen molar-refractivity contribution < 1.29 is 0 Å². The Balaban J connectivity index is 3.25.